The van der Waals surface area contributed by atoms with Gasteiger partial charge in [0.25, 0.3) is 0 Å². The topological polar surface area (TPSA) is 69.6 Å². The van der Waals surface area contributed by atoms with E-state index in [-0.39, 0.29) is 5.56 Å². The van der Waals surface area contributed by atoms with E-state index in [0.29, 0.717) is 16.5 Å². The standard InChI is InChI=1S/C19H13N3O/c1-12-3-5-13(6-4-12)19-17(11-23)16-7-14(9-20)15(10-21)8-18(16)22(19)2/h3-8,11H,1-2H3. The smallest absolute Gasteiger partial charge is 0.152 e. The number of benzene rings is 2. The summed E-state index contributed by atoms with van der Waals surface area (Å²) in [5.74, 6) is 0. The molecular weight excluding hydrogens is 286 g/mol. The van der Waals surface area contributed by atoms with Crippen LogP contribution in [0, 0.1) is 29.6 Å². The number of rotatable bonds is 2. The highest BCUT2D eigenvalue weighted by Crippen LogP contribution is 2.33. The number of fused-ring (bicyclic) bond motifs is 1. The fourth-order valence-corrected chi connectivity index (χ4v) is 2.88. The number of hydrogen-bond donors (Lipinski definition) is 0. The first-order chi connectivity index (χ1) is 11.1. The molecule has 0 aliphatic heterocycles. The van der Waals surface area contributed by atoms with E-state index in [2.05, 4.69) is 0 Å². The number of nitrogens with zero attached hydrogens (tertiary/aromatic N) is 3. The van der Waals surface area contributed by atoms with Crippen molar-refractivity contribution in [1.82, 2.24) is 4.57 Å². The number of hydrogen-bond acceptors (Lipinski definition) is 3. The molecule has 4 nitrogen and oxygen atoms in total. The van der Waals surface area contributed by atoms with Gasteiger partial charge in [-0.1, -0.05) is 29.8 Å². The molecule has 4 heteroatoms. The number of aldehydes is 1. The summed E-state index contributed by atoms with van der Waals surface area (Å²) in [4.78, 5) is 11.7. The van der Waals surface area contributed by atoms with Gasteiger partial charge in [0, 0.05) is 18.0 Å². The van der Waals surface area contributed by atoms with E-state index < -0.39 is 0 Å². The normalized spacial score (nSPS) is 10.3. The lowest BCUT2D eigenvalue weighted by Crippen LogP contribution is -1.94. The second-order valence-electron chi connectivity index (χ2n) is 5.44. The van der Waals surface area contributed by atoms with Crippen LogP contribution in [0.15, 0.2) is 36.4 Å². The molecule has 0 atom stereocenters. The SMILES string of the molecule is Cc1ccc(-c2c(C=O)c3cc(C#N)c(C#N)cc3n2C)cc1. The zero-order valence-corrected chi connectivity index (χ0v) is 12.8. The molecule has 0 radical (unpaired) electrons. The van der Waals surface area contributed by atoms with Gasteiger partial charge in [-0.25, -0.2) is 0 Å². The quantitative estimate of drug-likeness (QED) is 0.677. The first-order valence-corrected chi connectivity index (χ1v) is 7.09. The lowest BCUT2D eigenvalue weighted by molar-refractivity contribution is 0.112. The van der Waals surface area contributed by atoms with Crippen LogP contribution in [0.2, 0.25) is 0 Å². The summed E-state index contributed by atoms with van der Waals surface area (Å²) < 4.78 is 1.89. The zero-order chi connectivity index (χ0) is 16.6. The van der Waals surface area contributed by atoms with Gasteiger partial charge in [0.15, 0.2) is 6.29 Å². The maximum absolute atomic E-state index is 11.7. The predicted molar refractivity (Wildman–Crippen MR) is 87.9 cm³/mol. The highest BCUT2D eigenvalue weighted by Gasteiger charge is 2.18. The molecule has 3 aromatic rings. The Morgan fingerprint density at radius 1 is 1.04 bits per heavy atom. The van der Waals surface area contributed by atoms with Gasteiger partial charge in [-0.3, -0.25) is 4.79 Å². The van der Waals surface area contributed by atoms with Gasteiger partial charge in [-0.15, -0.1) is 0 Å². The minimum atomic E-state index is 0.282. The Hall–Kier alpha value is -3.37. The maximum Gasteiger partial charge on any atom is 0.152 e. The van der Waals surface area contributed by atoms with Crippen LogP contribution < -0.4 is 0 Å². The lowest BCUT2D eigenvalue weighted by Gasteiger charge is -2.06. The molecule has 0 amide bonds. The third-order valence-electron chi connectivity index (χ3n) is 4.06. The number of carbonyl (C=O) groups excluding carboxylic acids is 1. The van der Waals surface area contributed by atoms with Gasteiger partial charge in [0.1, 0.15) is 12.1 Å². The van der Waals surface area contributed by atoms with Gasteiger partial charge < -0.3 is 4.57 Å². The highest BCUT2D eigenvalue weighted by atomic mass is 16.1. The lowest BCUT2D eigenvalue weighted by atomic mass is 10.0. The fraction of sp³-hybridized carbons (Fsp3) is 0.105. The molecule has 2 aromatic carbocycles. The Kier molecular flexibility index (Phi) is 3.44. The van der Waals surface area contributed by atoms with Crippen LogP contribution in [0.1, 0.15) is 27.0 Å². The van der Waals surface area contributed by atoms with Crippen molar-refractivity contribution < 1.29 is 4.79 Å². The molecule has 0 N–H and O–H groups in total. The Labute approximate surface area is 133 Å². The van der Waals surface area contributed by atoms with Crippen molar-refractivity contribution in [3.8, 4) is 23.4 Å². The number of aryl methyl sites for hydroxylation is 2. The van der Waals surface area contributed by atoms with Gasteiger partial charge >= 0.3 is 0 Å². The number of carbonyl (C=O) groups is 1. The molecule has 0 aliphatic rings. The van der Waals surface area contributed by atoms with Crippen molar-refractivity contribution in [2.45, 2.75) is 6.92 Å². The average molecular weight is 299 g/mol. The van der Waals surface area contributed by atoms with Crippen LogP contribution in [-0.4, -0.2) is 10.9 Å². The average Bonchev–Trinajstić information content (AvgIpc) is 2.85. The van der Waals surface area contributed by atoms with Gasteiger partial charge in [-0.05, 0) is 24.6 Å². The summed E-state index contributed by atoms with van der Waals surface area (Å²) in [7, 11) is 1.86. The van der Waals surface area contributed by atoms with Crippen LogP contribution in [0.4, 0.5) is 0 Å². The Bertz CT molecular complexity index is 1010. The second-order valence-corrected chi connectivity index (χ2v) is 5.44. The Morgan fingerprint density at radius 3 is 2.22 bits per heavy atom. The molecule has 1 heterocycles. The monoisotopic (exact) mass is 299 g/mol. The largest absolute Gasteiger partial charge is 0.343 e. The summed E-state index contributed by atoms with van der Waals surface area (Å²) in [5.41, 5.74) is 4.74. The van der Waals surface area contributed by atoms with Gasteiger partial charge in [0.2, 0.25) is 0 Å². The van der Waals surface area contributed by atoms with Crippen molar-refractivity contribution in [3.63, 3.8) is 0 Å². The van der Waals surface area contributed by atoms with Crippen LogP contribution in [-0.2, 0) is 7.05 Å². The molecule has 23 heavy (non-hydrogen) atoms. The van der Waals surface area contributed by atoms with E-state index in [1.54, 1.807) is 12.1 Å². The fourth-order valence-electron chi connectivity index (χ4n) is 2.88. The van der Waals surface area contributed by atoms with Crippen molar-refractivity contribution >= 4 is 17.2 Å². The molecule has 0 bridgehead atoms. The van der Waals surface area contributed by atoms with E-state index in [0.717, 1.165) is 28.6 Å². The minimum Gasteiger partial charge on any atom is -0.343 e. The van der Waals surface area contributed by atoms with Crippen LogP contribution in [0.3, 0.4) is 0 Å². The van der Waals surface area contributed by atoms with E-state index >= 15 is 0 Å². The van der Waals surface area contributed by atoms with Crippen molar-refractivity contribution in [2.24, 2.45) is 7.05 Å². The molecule has 0 saturated carbocycles. The first kappa shape index (κ1) is 14.6. The van der Waals surface area contributed by atoms with Crippen LogP contribution >= 0.6 is 0 Å². The predicted octanol–water partition coefficient (Wildman–Crippen LogP) is 3.71. The Balaban J connectivity index is 2.42. The summed E-state index contributed by atoms with van der Waals surface area (Å²) in [6.07, 6.45) is 0.810. The van der Waals surface area contributed by atoms with E-state index in [4.69, 9.17) is 0 Å². The summed E-state index contributed by atoms with van der Waals surface area (Å²) in [6, 6.07) is 15.2. The minimum absolute atomic E-state index is 0.282. The molecule has 0 spiro atoms. The van der Waals surface area contributed by atoms with Gasteiger partial charge in [-0.2, -0.15) is 10.5 Å². The van der Waals surface area contributed by atoms with Crippen molar-refractivity contribution in [2.75, 3.05) is 0 Å². The van der Waals surface area contributed by atoms with Crippen molar-refractivity contribution in [3.05, 3.63) is 58.7 Å². The summed E-state index contributed by atoms with van der Waals surface area (Å²) >= 11 is 0. The molecule has 0 aliphatic carbocycles. The van der Waals surface area contributed by atoms with E-state index in [9.17, 15) is 15.3 Å². The highest BCUT2D eigenvalue weighted by molar-refractivity contribution is 6.05. The maximum atomic E-state index is 11.7. The molecule has 1 aromatic heterocycles. The van der Waals surface area contributed by atoms with Gasteiger partial charge in [0.05, 0.1) is 22.3 Å². The van der Waals surface area contributed by atoms with E-state index in [1.807, 2.05) is 54.9 Å². The van der Waals surface area contributed by atoms with E-state index in [1.165, 1.54) is 0 Å². The van der Waals surface area contributed by atoms with Crippen molar-refractivity contribution in [1.29, 1.82) is 10.5 Å². The molecule has 3 rings (SSSR count). The zero-order valence-electron chi connectivity index (χ0n) is 12.8. The third-order valence-corrected chi connectivity index (χ3v) is 4.06. The molecular formula is C19H13N3O. The first-order valence-electron chi connectivity index (χ1n) is 7.09. The molecule has 0 unspecified atom stereocenters. The number of aromatic nitrogens is 1. The Morgan fingerprint density at radius 2 is 1.65 bits per heavy atom. The third kappa shape index (κ3) is 2.18. The second kappa shape index (κ2) is 5.44. The van der Waals surface area contributed by atoms with Crippen LogP contribution in [0.5, 0.6) is 0 Å². The number of nitriles is 2. The van der Waals surface area contributed by atoms with Crippen LogP contribution in [0.25, 0.3) is 22.2 Å². The summed E-state index contributed by atoms with van der Waals surface area (Å²) in [5, 5.41) is 19.1. The molecule has 110 valence electrons. The summed E-state index contributed by atoms with van der Waals surface area (Å²) in [6.45, 7) is 2.00. The molecule has 0 saturated heterocycles. The molecule has 0 fully saturated rings.